The molecule has 0 rings (SSSR count). The van der Waals surface area contributed by atoms with Crippen LogP contribution in [0.2, 0.25) is 0 Å². The Hall–Kier alpha value is -2.23. The maximum absolute atomic E-state index is 11.7. The normalized spacial score (nSPS) is 12.5. The Kier molecular flexibility index (Phi) is 16.3. The third-order valence-corrected chi connectivity index (χ3v) is 4.07. The van der Waals surface area contributed by atoms with E-state index in [-0.39, 0.29) is 6.42 Å². The Balaban J connectivity index is 3.77. The third-order valence-electron chi connectivity index (χ3n) is 4.07. The van der Waals surface area contributed by atoms with Gasteiger partial charge in [-0.2, -0.15) is 0 Å². The molecule has 0 fully saturated rings. The average Bonchev–Trinajstić information content (AvgIpc) is 2.68. The van der Waals surface area contributed by atoms with Crippen LogP contribution in [0.4, 0.5) is 0 Å². The van der Waals surface area contributed by atoms with E-state index in [1.165, 1.54) is 25.7 Å². The summed E-state index contributed by atoms with van der Waals surface area (Å²) in [6.07, 6.45) is 26.3. The Morgan fingerprint density at radius 1 is 0.700 bits per heavy atom. The average molecular weight is 417 g/mol. The van der Waals surface area contributed by atoms with Crippen LogP contribution < -0.4 is 0 Å². The summed E-state index contributed by atoms with van der Waals surface area (Å²) in [5.74, 6) is -2.80. The number of esters is 1. The highest BCUT2D eigenvalue weighted by Gasteiger charge is 2.27. The molecule has 0 aliphatic carbocycles. The molecule has 0 aromatic rings. The maximum atomic E-state index is 11.7. The molecule has 0 amide bonds. The number of carbonyl (C=O) groups excluding carboxylic acids is 3. The molecule has 0 saturated heterocycles. The first-order chi connectivity index (χ1) is 14.3. The van der Waals surface area contributed by atoms with E-state index in [2.05, 4.69) is 43.4 Å². The number of unbranched alkanes of at least 4 members (excludes halogenated alkanes) is 4. The lowest BCUT2D eigenvalue weighted by Gasteiger charge is -2.18. The van der Waals surface area contributed by atoms with Crippen molar-refractivity contribution in [3.05, 3.63) is 48.6 Å². The summed E-state index contributed by atoms with van der Waals surface area (Å²) in [4.78, 5) is 35.0. The van der Waals surface area contributed by atoms with Gasteiger partial charge in [0.05, 0.1) is 0 Å². The van der Waals surface area contributed by atoms with Gasteiger partial charge in [0.15, 0.2) is 0 Å². The van der Waals surface area contributed by atoms with E-state index in [4.69, 9.17) is 4.74 Å². The minimum Gasteiger partial charge on any atom is -0.454 e. The quantitative estimate of drug-likeness (QED) is 0.0933. The number of hydrogen-bond donors (Lipinski definition) is 0. The number of ketones is 2. The fourth-order valence-electron chi connectivity index (χ4n) is 2.49. The zero-order valence-corrected chi connectivity index (χ0v) is 19.3. The van der Waals surface area contributed by atoms with Gasteiger partial charge in [-0.1, -0.05) is 68.4 Å². The molecule has 0 aromatic heterocycles. The molecule has 0 aromatic carbocycles. The van der Waals surface area contributed by atoms with E-state index < -0.39 is 23.1 Å². The van der Waals surface area contributed by atoms with Crippen LogP contribution in [0.15, 0.2) is 48.6 Å². The van der Waals surface area contributed by atoms with Crippen LogP contribution in [0.25, 0.3) is 0 Å². The number of carbonyl (C=O) groups is 3. The van der Waals surface area contributed by atoms with E-state index in [1.807, 2.05) is 12.2 Å². The molecule has 30 heavy (non-hydrogen) atoms. The number of Topliss-reactive ketones (excluding diaryl/α,β-unsaturated/α-hetero) is 2. The molecule has 4 nitrogen and oxygen atoms in total. The van der Waals surface area contributed by atoms with Crippen molar-refractivity contribution in [2.45, 2.75) is 97.5 Å². The van der Waals surface area contributed by atoms with Crippen molar-refractivity contribution in [2.24, 2.45) is 0 Å². The fraction of sp³-hybridized carbons (Fsp3) is 0.577. The van der Waals surface area contributed by atoms with Crippen LogP contribution in [-0.4, -0.2) is 23.1 Å². The molecule has 0 aliphatic heterocycles. The predicted molar refractivity (Wildman–Crippen MR) is 124 cm³/mol. The maximum Gasteiger partial charge on any atom is 0.383 e. The summed E-state index contributed by atoms with van der Waals surface area (Å²) in [5, 5.41) is 0. The highest BCUT2D eigenvalue weighted by atomic mass is 16.6. The van der Waals surface area contributed by atoms with Crippen molar-refractivity contribution in [3.8, 4) is 0 Å². The van der Waals surface area contributed by atoms with Gasteiger partial charge >= 0.3 is 11.8 Å². The van der Waals surface area contributed by atoms with E-state index >= 15 is 0 Å². The second kappa shape index (κ2) is 17.6. The van der Waals surface area contributed by atoms with Crippen LogP contribution >= 0.6 is 0 Å². The zero-order chi connectivity index (χ0) is 22.7. The number of hydrogen-bond acceptors (Lipinski definition) is 4. The van der Waals surface area contributed by atoms with E-state index in [9.17, 15) is 14.4 Å². The van der Waals surface area contributed by atoms with Crippen LogP contribution in [0.5, 0.6) is 0 Å². The Bertz CT molecular complexity index is 615. The van der Waals surface area contributed by atoms with Gasteiger partial charge in [0, 0.05) is 6.42 Å². The van der Waals surface area contributed by atoms with Crippen LogP contribution in [-0.2, 0) is 19.1 Å². The summed E-state index contributed by atoms with van der Waals surface area (Å²) in [7, 11) is 0. The van der Waals surface area contributed by atoms with Gasteiger partial charge in [-0.25, -0.2) is 4.79 Å². The van der Waals surface area contributed by atoms with Crippen molar-refractivity contribution in [2.75, 3.05) is 0 Å². The first-order valence-electron chi connectivity index (χ1n) is 11.2. The van der Waals surface area contributed by atoms with Gasteiger partial charge in [0.25, 0.3) is 0 Å². The molecule has 0 atom stereocenters. The molecule has 0 aliphatic rings. The Labute approximate surface area is 183 Å². The lowest BCUT2D eigenvalue weighted by molar-refractivity contribution is -0.164. The monoisotopic (exact) mass is 416 g/mol. The molecule has 0 saturated carbocycles. The minimum atomic E-state index is -1.06. The molecule has 4 heteroatoms. The summed E-state index contributed by atoms with van der Waals surface area (Å²) < 4.78 is 4.92. The Morgan fingerprint density at radius 3 is 1.63 bits per heavy atom. The van der Waals surface area contributed by atoms with Crippen molar-refractivity contribution in [1.82, 2.24) is 0 Å². The molecule has 0 spiro atoms. The highest BCUT2D eigenvalue weighted by molar-refractivity contribution is 6.62. The summed E-state index contributed by atoms with van der Waals surface area (Å²) >= 11 is 0. The van der Waals surface area contributed by atoms with Crippen LogP contribution in [0.3, 0.4) is 0 Å². The van der Waals surface area contributed by atoms with E-state index in [0.717, 1.165) is 19.3 Å². The van der Waals surface area contributed by atoms with Gasteiger partial charge in [0.2, 0.25) is 5.78 Å². The topological polar surface area (TPSA) is 60.4 Å². The molecular weight excluding hydrogens is 376 g/mol. The largest absolute Gasteiger partial charge is 0.454 e. The number of rotatable bonds is 16. The summed E-state index contributed by atoms with van der Waals surface area (Å²) in [6, 6.07) is 0. The van der Waals surface area contributed by atoms with Gasteiger partial charge in [0.1, 0.15) is 5.60 Å². The van der Waals surface area contributed by atoms with Gasteiger partial charge < -0.3 is 4.74 Å². The van der Waals surface area contributed by atoms with Gasteiger partial charge in [-0.15, -0.1) is 0 Å². The number of allylic oxidation sites excluding steroid dienone is 8. The zero-order valence-electron chi connectivity index (χ0n) is 19.3. The molecular formula is C26H40O4. The van der Waals surface area contributed by atoms with E-state index in [1.54, 1.807) is 20.8 Å². The predicted octanol–water partition coefficient (Wildman–Crippen LogP) is 6.61. The van der Waals surface area contributed by atoms with Gasteiger partial charge in [-0.3, -0.25) is 9.59 Å². The van der Waals surface area contributed by atoms with Crippen LogP contribution in [0.1, 0.15) is 91.9 Å². The molecule has 168 valence electrons. The molecule has 0 N–H and O–H groups in total. The fourth-order valence-corrected chi connectivity index (χ4v) is 2.49. The lowest BCUT2D eigenvalue weighted by Crippen LogP contribution is -2.32. The molecule has 0 unspecified atom stereocenters. The SMILES string of the molecule is CCCCC/C=C\C/C=C\C/C=C\C/C=C\CCCC(=O)C(=O)C(=O)OC(C)(C)C. The van der Waals surface area contributed by atoms with Crippen molar-refractivity contribution in [3.63, 3.8) is 0 Å². The third kappa shape index (κ3) is 17.8. The van der Waals surface area contributed by atoms with Crippen molar-refractivity contribution >= 4 is 17.5 Å². The van der Waals surface area contributed by atoms with Gasteiger partial charge in [-0.05, 0) is 65.7 Å². The molecule has 0 radical (unpaired) electrons. The molecule has 0 heterocycles. The first kappa shape index (κ1) is 27.8. The van der Waals surface area contributed by atoms with E-state index in [0.29, 0.717) is 12.8 Å². The minimum absolute atomic E-state index is 0.0656. The lowest BCUT2D eigenvalue weighted by atomic mass is 10.1. The van der Waals surface area contributed by atoms with Crippen molar-refractivity contribution in [1.29, 1.82) is 0 Å². The first-order valence-corrected chi connectivity index (χ1v) is 11.2. The smallest absolute Gasteiger partial charge is 0.383 e. The summed E-state index contributed by atoms with van der Waals surface area (Å²) in [5.41, 5.74) is -0.774. The molecule has 0 bridgehead atoms. The van der Waals surface area contributed by atoms with Crippen LogP contribution in [0, 0.1) is 0 Å². The Morgan fingerprint density at radius 2 is 1.17 bits per heavy atom. The highest BCUT2D eigenvalue weighted by Crippen LogP contribution is 2.08. The second-order valence-electron chi connectivity index (χ2n) is 8.23. The second-order valence-corrected chi connectivity index (χ2v) is 8.23. The summed E-state index contributed by atoms with van der Waals surface area (Å²) in [6.45, 7) is 7.20. The standard InChI is InChI=1S/C26H40O4/c1-5-6-7-8-9-10-11-12-13-14-15-16-17-18-19-20-21-22-23(27)24(28)25(29)30-26(2,3)4/h9-10,12-13,15-16,18-19H,5-8,11,14,17,20-22H2,1-4H3/b10-9-,13-12-,16-15-,19-18-. The number of ether oxygens (including phenoxy) is 1. The van der Waals surface area contributed by atoms with Crippen molar-refractivity contribution < 1.29 is 19.1 Å².